The van der Waals surface area contributed by atoms with Crippen LogP contribution in [0.1, 0.15) is 5.56 Å². The Balaban J connectivity index is 0.000000423. The molecule has 15 heavy (non-hydrogen) atoms. The summed E-state index contributed by atoms with van der Waals surface area (Å²) >= 11 is 14.1. The molecular weight excluding hydrogens is 252 g/mol. The van der Waals surface area contributed by atoms with Crippen molar-refractivity contribution in [1.29, 1.82) is 0 Å². The smallest absolute Gasteiger partial charge is 0.160 e. The Morgan fingerprint density at radius 2 is 2.07 bits per heavy atom. The van der Waals surface area contributed by atoms with Crippen LogP contribution in [-0.4, -0.2) is 12.2 Å². The van der Waals surface area contributed by atoms with Gasteiger partial charge in [-0.05, 0) is 29.9 Å². The lowest BCUT2D eigenvalue weighted by Gasteiger charge is -2.03. The first-order valence-electron chi connectivity index (χ1n) is 3.99. The number of methoxy groups -OCH3 is 1. The topological polar surface area (TPSA) is 61.3 Å². The number of hydrogen-bond donors (Lipinski definition) is 3. The van der Waals surface area contributed by atoms with Crippen LogP contribution in [0, 0.1) is 0 Å². The Morgan fingerprint density at radius 3 is 2.40 bits per heavy atom. The highest BCUT2D eigenvalue weighted by Crippen LogP contribution is 2.25. The van der Waals surface area contributed by atoms with Gasteiger partial charge >= 0.3 is 0 Å². The standard InChI is InChI=1S/C8H9ClOS.CH4N2S/c1-10-8-3-2-6(5-11)4-7(8)9;2-1(3)4/h2-4,11H,5H2,1H3;(H4,2,3,4). The Hall–Kier alpha value is -0.650. The molecule has 0 aliphatic carbocycles. The fourth-order valence-electron chi connectivity index (χ4n) is 0.808. The SMILES string of the molecule is COc1ccc(CS)cc1Cl.NC(N)=S. The minimum absolute atomic E-state index is 0.000000000000000222. The highest BCUT2D eigenvalue weighted by atomic mass is 35.5. The van der Waals surface area contributed by atoms with Crippen molar-refractivity contribution in [3.05, 3.63) is 28.8 Å². The summed E-state index contributed by atoms with van der Waals surface area (Å²) in [6.07, 6.45) is 0. The average Bonchev–Trinajstić information content (AvgIpc) is 2.16. The molecule has 0 aromatic heterocycles. The molecular formula is C9H13ClN2OS2. The average molecular weight is 265 g/mol. The number of ether oxygens (including phenoxy) is 1. The van der Waals surface area contributed by atoms with E-state index in [1.54, 1.807) is 7.11 Å². The molecule has 0 radical (unpaired) electrons. The van der Waals surface area contributed by atoms with E-state index in [-0.39, 0.29) is 5.11 Å². The van der Waals surface area contributed by atoms with Crippen LogP contribution in [0.15, 0.2) is 18.2 Å². The Bertz CT molecular complexity index is 330. The zero-order valence-electron chi connectivity index (χ0n) is 8.24. The van der Waals surface area contributed by atoms with E-state index in [1.165, 1.54) is 0 Å². The minimum atomic E-state index is 0.000000000000000222. The Morgan fingerprint density at radius 1 is 1.53 bits per heavy atom. The molecule has 0 aliphatic heterocycles. The van der Waals surface area contributed by atoms with Crippen LogP contribution >= 0.6 is 36.4 Å². The van der Waals surface area contributed by atoms with Crippen molar-refractivity contribution in [1.82, 2.24) is 0 Å². The molecule has 0 bridgehead atoms. The van der Waals surface area contributed by atoms with Crippen molar-refractivity contribution in [2.24, 2.45) is 11.5 Å². The molecule has 3 nitrogen and oxygen atoms in total. The second kappa shape index (κ2) is 7.62. The molecule has 1 aromatic rings. The van der Waals surface area contributed by atoms with Crippen molar-refractivity contribution >= 4 is 41.6 Å². The summed E-state index contributed by atoms with van der Waals surface area (Å²) in [7, 11) is 1.60. The van der Waals surface area contributed by atoms with Crippen LogP contribution < -0.4 is 16.2 Å². The Kier molecular flexibility index (Phi) is 7.29. The van der Waals surface area contributed by atoms with E-state index < -0.39 is 0 Å². The van der Waals surface area contributed by atoms with Crippen LogP contribution in [0.4, 0.5) is 0 Å². The van der Waals surface area contributed by atoms with Crippen LogP contribution in [0.25, 0.3) is 0 Å². The van der Waals surface area contributed by atoms with Gasteiger partial charge in [0.25, 0.3) is 0 Å². The summed E-state index contributed by atoms with van der Waals surface area (Å²) in [6, 6.07) is 5.64. The largest absolute Gasteiger partial charge is 0.495 e. The second-order valence-electron chi connectivity index (χ2n) is 2.53. The normalized spacial score (nSPS) is 8.73. The lowest BCUT2D eigenvalue weighted by Crippen LogP contribution is -2.18. The molecule has 0 unspecified atom stereocenters. The molecule has 1 aromatic carbocycles. The number of hydrogen-bond acceptors (Lipinski definition) is 3. The van der Waals surface area contributed by atoms with E-state index in [2.05, 4.69) is 36.3 Å². The number of benzene rings is 1. The molecule has 0 aliphatic rings. The first-order chi connectivity index (χ1) is 7.01. The zero-order chi connectivity index (χ0) is 11.8. The van der Waals surface area contributed by atoms with Crippen molar-refractivity contribution in [2.75, 3.05) is 7.11 Å². The van der Waals surface area contributed by atoms with E-state index in [9.17, 15) is 0 Å². The Labute approximate surface area is 105 Å². The maximum atomic E-state index is 5.85. The molecule has 0 atom stereocenters. The summed E-state index contributed by atoms with van der Waals surface area (Å²) in [5.74, 6) is 1.40. The van der Waals surface area contributed by atoms with Gasteiger partial charge in [-0.25, -0.2) is 0 Å². The number of rotatable bonds is 2. The van der Waals surface area contributed by atoms with Gasteiger partial charge in [-0.3, -0.25) is 0 Å². The molecule has 0 saturated heterocycles. The highest BCUT2D eigenvalue weighted by molar-refractivity contribution is 7.80. The van der Waals surface area contributed by atoms with Gasteiger partial charge in [0.1, 0.15) is 5.75 Å². The molecule has 4 N–H and O–H groups in total. The molecule has 0 amide bonds. The van der Waals surface area contributed by atoms with Crippen molar-refractivity contribution < 1.29 is 4.74 Å². The van der Waals surface area contributed by atoms with Gasteiger partial charge in [0.15, 0.2) is 5.11 Å². The third-order valence-electron chi connectivity index (χ3n) is 1.40. The van der Waals surface area contributed by atoms with Crippen molar-refractivity contribution in [3.63, 3.8) is 0 Å². The summed E-state index contributed by atoms with van der Waals surface area (Å²) in [5.41, 5.74) is 10.3. The van der Waals surface area contributed by atoms with E-state index in [1.807, 2.05) is 18.2 Å². The molecule has 0 heterocycles. The number of thiocarbonyl (C=S) groups is 1. The summed E-state index contributed by atoms with van der Waals surface area (Å²) in [5, 5.41) is 0.638. The molecule has 1 rings (SSSR count). The molecule has 0 saturated carbocycles. The number of thiol groups is 1. The summed E-state index contributed by atoms with van der Waals surface area (Å²) in [4.78, 5) is 0. The van der Waals surface area contributed by atoms with Gasteiger partial charge in [-0.15, -0.1) is 0 Å². The van der Waals surface area contributed by atoms with E-state index in [0.717, 1.165) is 5.56 Å². The van der Waals surface area contributed by atoms with Crippen LogP contribution in [0.3, 0.4) is 0 Å². The third kappa shape index (κ3) is 6.43. The van der Waals surface area contributed by atoms with E-state index in [0.29, 0.717) is 16.5 Å². The van der Waals surface area contributed by atoms with Gasteiger partial charge in [-0.1, -0.05) is 17.7 Å². The maximum Gasteiger partial charge on any atom is 0.160 e. The van der Waals surface area contributed by atoms with Crippen molar-refractivity contribution in [3.8, 4) is 5.75 Å². The highest BCUT2D eigenvalue weighted by Gasteiger charge is 1.99. The van der Waals surface area contributed by atoms with Crippen LogP contribution in [0.5, 0.6) is 5.75 Å². The van der Waals surface area contributed by atoms with Gasteiger partial charge in [0.05, 0.1) is 12.1 Å². The summed E-state index contributed by atoms with van der Waals surface area (Å²) < 4.78 is 4.99. The fraction of sp³-hybridized carbons (Fsp3) is 0.222. The second-order valence-corrected chi connectivity index (χ2v) is 3.72. The van der Waals surface area contributed by atoms with Gasteiger partial charge in [-0.2, -0.15) is 12.6 Å². The first-order valence-corrected chi connectivity index (χ1v) is 5.41. The first kappa shape index (κ1) is 14.3. The quantitative estimate of drug-likeness (QED) is 0.565. The molecule has 6 heteroatoms. The molecule has 84 valence electrons. The predicted octanol–water partition coefficient (Wildman–Crippen LogP) is 1.97. The predicted molar refractivity (Wildman–Crippen MR) is 71.7 cm³/mol. The van der Waals surface area contributed by atoms with Crippen molar-refractivity contribution in [2.45, 2.75) is 5.75 Å². The fourth-order valence-corrected chi connectivity index (χ4v) is 1.29. The lowest BCUT2D eigenvalue weighted by atomic mass is 10.2. The molecule has 0 fully saturated rings. The maximum absolute atomic E-state index is 5.85. The van der Waals surface area contributed by atoms with Gasteiger partial charge < -0.3 is 16.2 Å². The lowest BCUT2D eigenvalue weighted by molar-refractivity contribution is 0.415. The van der Waals surface area contributed by atoms with Gasteiger partial charge in [0, 0.05) is 5.75 Å². The third-order valence-corrected chi connectivity index (χ3v) is 2.06. The van der Waals surface area contributed by atoms with Crippen LogP contribution in [-0.2, 0) is 5.75 Å². The minimum Gasteiger partial charge on any atom is -0.495 e. The monoisotopic (exact) mass is 264 g/mol. The number of halogens is 1. The number of nitrogens with two attached hydrogens (primary N) is 2. The summed E-state index contributed by atoms with van der Waals surface area (Å²) in [6.45, 7) is 0. The van der Waals surface area contributed by atoms with Gasteiger partial charge in [0.2, 0.25) is 0 Å². The zero-order valence-corrected chi connectivity index (χ0v) is 10.7. The van der Waals surface area contributed by atoms with E-state index >= 15 is 0 Å². The molecule has 0 spiro atoms. The van der Waals surface area contributed by atoms with Crippen LogP contribution in [0.2, 0.25) is 5.02 Å². The van der Waals surface area contributed by atoms with E-state index in [4.69, 9.17) is 16.3 Å².